The molecule has 0 spiro atoms. The summed E-state index contributed by atoms with van der Waals surface area (Å²) in [6, 6.07) is 17.9. The van der Waals surface area contributed by atoms with Crippen molar-refractivity contribution >= 4 is 17.5 Å². The van der Waals surface area contributed by atoms with Gasteiger partial charge in [-0.1, -0.05) is 52.7 Å². The summed E-state index contributed by atoms with van der Waals surface area (Å²) in [5.41, 5.74) is 3.08. The fourth-order valence-electron chi connectivity index (χ4n) is 3.04. The number of nitrogens with one attached hydrogen (secondary N) is 1. The van der Waals surface area contributed by atoms with E-state index in [9.17, 15) is 9.59 Å². The van der Waals surface area contributed by atoms with Gasteiger partial charge in [-0.2, -0.15) is 4.98 Å². The number of hydrogen-bond acceptors (Lipinski definition) is 5. The van der Waals surface area contributed by atoms with Gasteiger partial charge in [-0.15, -0.1) is 0 Å². The first-order chi connectivity index (χ1) is 15.0. The van der Waals surface area contributed by atoms with Gasteiger partial charge in [0.1, 0.15) is 6.54 Å². The van der Waals surface area contributed by atoms with Crippen LogP contribution in [0.2, 0.25) is 5.02 Å². The lowest BCUT2D eigenvalue weighted by Crippen LogP contribution is -2.31. The third-order valence-corrected chi connectivity index (χ3v) is 4.90. The number of carbonyl (C=O) groups excluding carboxylic acids is 1. The highest BCUT2D eigenvalue weighted by Crippen LogP contribution is 2.22. The molecule has 1 amide bonds. The predicted octanol–water partition coefficient (Wildman–Crippen LogP) is 3.84. The van der Waals surface area contributed by atoms with Crippen LogP contribution in [0.3, 0.4) is 0 Å². The molecule has 0 saturated heterocycles. The van der Waals surface area contributed by atoms with Crippen LogP contribution in [-0.2, 0) is 17.9 Å². The van der Waals surface area contributed by atoms with Crippen LogP contribution in [0.5, 0.6) is 0 Å². The molecule has 0 aliphatic heterocycles. The Kier molecular flexibility index (Phi) is 5.95. The van der Waals surface area contributed by atoms with Crippen LogP contribution in [0.25, 0.3) is 22.8 Å². The molecule has 2 aromatic heterocycles. The number of amides is 1. The predicted molar refractivity (Wildman–Crippen MR) is 117 cm³/mol. The Hall–Kier alpha value is -3.71. The number of aryl methyl sites for hydroxylation is 1. The van der Waals surface area contributed by atoms with Crippen LogP contribution < -0.4 is 10.9 Å². The average Bonchev–Trinajstić information content (AvgIpc) is 3.25. The molecule has 0 aliphatic rings. The van der Waals surface area contributed by atoms with E-state index in [1.54, 1.807) is 18.2 Å². The number of pyridine rings is 1. The van der Waals surface area contributed by atoms with Crippen LogP contribution in [0.15, 0.2) is 76.2 Å². The lowest BCUT2D eigenvalue weighted by molar-refractivity contribution is -0.121. The van der Waals surface area contributed by atoms with Gasteiger partial charge in [-0.05, 0) is 36.8 Å². The lowest BCUT2D eigenvalue weighted by atomic mass is 10.1. The standard InChI is InChI=1S/C23H19ClN4O3/c1-15-3-2-4-17(11-15)22-26-23(31-27-22)18-7-10-21(30)28(13-18)14-20(29)25-12-16-5-8-19(24)9-6-16/h2-11,13H,12,14H2,1H3,(H,25,29). The van der Waals surface area contributed by atoms with E-state index in [0.29, 0.717) is 23.0 Å². The molecule has 156 valence electrons. The zero-order valence-electron chi connectivity index (χ0n) is 16.7. The molecular weight excluding hydrogens is 416 g/mol. The van der Waals surface area contributed by atoms with Crippen molar-refractivity contribution in [2.24, 2.45) is 0 Å². The monoisotopic (exact) mass is 434 g/mol. The summed E-state index contributed by atoms with van der Waals surface area (Å²) in [4.78, 5) is 29.0. The summed E-state index contributed by atoms with van der Waals surface area (Å²) in [7, 11) is 0. The molecule has 0 atom stereocenters. The van der Waals surface area contributed by atoms with Crippen LogP contribution >= 0.6 is 11.6 Å². The molecule has 2 heterocycles. The molecule has 1 N–H and O–H groups in total. The zero-order valence-corrected chi connectivity index (χ0v) is 17.5. The van der Waals surface area contributed by atoms with E-state index in [-0.39, 0.29) is 23.9 Å². The minimum absolute atomic E-state index is 0.126. The van der Waals surface area contributed by atoms with Gasteiger partial charge in [-0.3, -0.25) is 9.59 Å². The van der Waals surface area contributed by atoms with Gasteiger partial charge < -0.3 is 14.4 Å². The summed E-state index contributed by atoms with van der Waals surface area (Å²) in [5.74, 6) is 0.434. The maximum atomic E-state index is 12.3. The summed E-state index contributed by atoms with van der Waals surface area (Å²) in [6.07, 6.45) is 1.54. The van der Waals surface area contributed by atoms with Crippen molar-refractivity contribution < 1.29 is 9.32 Å². The molecule has 0 bridgehead atoms. The van der Waals surface area contributed by atoms with Crippen molar-refractivity contribution in [3.05, 3.63) is 93.4 Å². The molecule has 0 fully saturated rings. The van der Waals surface area contributed by atoms with Gasteiger partial charge in [-0.25, -0.2) is 0 Å². The highest BCUT2D eigenvalue weighted by molar-refractivity contribution is 6.30. The molecule has 4 rings (SSSR count). The van der Waals surface area contributed by atoms with Gasteiger partial charge in [0.15, 0.2) is 0 Å². The van der Waals surface area contributed by atoms with E-state index in [2.05, 4.69) is 15.5 Å². The number of carbonyl (C=O) groups is 1. The Morgan fingerprint density at radius 3 is 2.68 bits per heavy atom. The fraction of sp³-hybridized carbons (Fsp3) is 0.130. The van der Waals surface area contributed by atoms with Crippen LogP contribution in [0, 0.1) is 6.92 Å². The lowest BCUT2D eigenvalue weighted by Gasteiger charge is -2.08. The molecule has 0 aliphatic carbocycles. The second-order valence-corrected chi connectivity index (χ2v) is 7.52. The maximum absolute atomic E-state index is 12.3. The minimum atomic E-state index is -0.302. The second kappa shape index (κ2) is 8.97. The van der Waals surface area contributed by atoms with E-state index < -0.39 is 0 Å². The quantitative estimate of drug-likeness (QED) is 0.498. The minimum Gasteiger partial charge on any atom is -0.350 e. The molecular formula is C23H19ClN4O3. The van der Waals surface area contributed by atoms with Crippen molar-refractivity contribution in [3.8, 4) is 22.8 Å². The van der Waals surface area contributed by atoms with E-state index in [4.69, 9.17) is 16.1 Å². The van der Waals surface area contributed by atoms with Crippen molar-refractivity contribution in [2.75, 3.05) is 0 Å². The first-order valence-corrected chi connectivity index (χ1v) is 9.98. The van der Waals surface area contributed by atoms with Gasteiger partial charge in [0.05, 0.1) is 5.56 Å². The molecule has 8 heteroatoms. The summed E-state index contributed by atoms with van der Waals surface area (Å²) >= 11 is 5.86. The Morgan fingerprint density at radius 2 is 1.90 bits per heavy atom. The number of aromatic nitrogens is 3. The SMILES string of the molecule is Cc1cccc(-c2noc(-c3ccc(=O)n(CC(=O)NCc4ccc(Cl)cc4)c3)n2)c1. The molecule has 7 nitrogen and oxygen atoms in total. The third-order valence-electron chi connectivity index (χ3n) is 4.65. The zero-order chi connectivity index (χ0) is 21.8. The molecule has 0 saturated carbocycles. The molecule has 31 heavy (non-hydrogen) atoms. The van der Waals surface area contributed by atoms with Gasteiger partial charge in [0.2, 0.25) is 11.7 Å². The van der Waals surface area contributed by atoms with Crippen molar-refractivity contribution in [1.82, 2.24) is 20.0 Å². The van der Waals surface area contributed by atoms with Crippen LogP contribution in [0.1, 0.15) is 11.1 Å². The van der Waals surface area contributed by atoms with Crippen molar-refractivity contribution in [3.63, 3.8) is 0 Å². The van der Waals surface area contributed by atoms with Crippen LogP contribution in [-0.4, -0.2) is 20.6 Å². The summed E-state index contributed by atoms with van der Waals surface area (Å²) in [5, 5.41) is 7.44. The highest BCUT2D eigenvalue weighted by atomic mass is 35.5. The molecule has 0 unspecified atom stereocenters. The number of rotatable bonds is 6. The Morgan fingerprint density at radius 1 is 1.10 bits per heavy atom. The largest absolute Gasteiger partial charge is 0.350 e. The third kappa shape index (κ3) is 5.07. The molecule has 0 radical (unpaired) electrons. The highest BCUT2D eigenvalue weighted by Gasteiger charge is 2.13. The Labute approximate surface area is 183 Å². The Bertz CT molecular complexity index is 1280. The first-order valence-electron chi connectivity index (χ1n) is 9.61. The van der Waals surface area contributed by atoms with Crippen molar-refractivity contribution in [2.45, 2.75) is 20.0 Å². The topological polar surface area (TPSA) is 90.0 Å². The number of nitrogens with zero attached hydrogens (tertiary/aromatic N) is 3. The van der Waals surface area contributed by atoms with E-state index >= 15 is 0 Å². The maximum Gasteiger partial charge on any atom is 0.259 e. The van der Waals surface area contributed by atoms with Gasteiger partial charge >= 0.3 is 0 Å². The van der Waals surface area contributed by atoms with Gasteiger partial charge in [0, 0.05) is 29.4 Å². The van der Waals surface area contributed by atoms with Crippen molar-refractivity contribution in [1.29, 1.82) is 0 Å². The fourth-order valence-corrected chi connectivity index (χ4v) is 3.16. The Balaban J connectivity index is 1.48. The average molecular weight is 435 g/mol. The van der Waals surface area contributed by atoms with Gasteiger partial charge in [0.25, 0.3) is 11.4 Å². The second-order valence-electron chi connectivity index (χ2n) is 7.08. The van der Waals surface area contributed by atoms with Crippen LogP contribution in [0.4, 0.5) is 0 Å². The molecule has 2 aromatic carbocycles. The summed E-state index contributed by atoms with van der Waals surface area (Å²) in [6.45, 7) is 2.20. The number of halogens is 1. The van der Waals surface area contributed by atoms with E-state index in [1.165, 1.54) is 16.8 Å². The van der Waals surface area contributed by atoms with E-state index in [0.717, 1.165) is 16.7 Å². The van der Waals surface area contributed by atoms with E-state index in [1.807, 2.05) is 43.3 Å². The first kappa shape index (κ1) is 20.6. The normalized spacial score (nSPS) is 10.8. The summed E-state index contributed by atoms with van der Waals surface area (Å²) < 4.78 is 6.68. The number of hydrogen-bond donors (Lipinski definition) is 1. The molecule has 4 aromatic rings. The smallest absolute Gasteiger partial charge is 0.259 e. The number of benzene rings is 2.